The highest BCUT2D eigenvalue weighted by molar-refractivity contribution is 6.21. The Balaban J connectivity index is 1.25. The van der Waals surface area contributed by atoms with Crippen molar-refractivity contribution in [2.45, 2.75) is 0 Å². The molecule has 0 radical (unpaired) electrons. The molecule has 0 atom stereocenters. The largest absolute Gasteiger partial charge is 0.456 e. The monoisotopic (exact) mass is 716 g/mol. The van der Waals surface area contributed by atoms with Gasteiger partial charge in [0, 0.05) is 43.8 Å². The molecule has 0 fully saturated rings. The number of benzene rings is 8. The SMILES string of the molecule is c1ccc(-c2nc(-c3ccccc3)nc(-c3cccc(-c4ccccc4)c3-n3c4ccccc4c4c(-c5cccc6oc7ccccc7c56)cccc43)n2)cc1. The molecule has 0 spiro atoms. The van der Waals surface area contributed by atoms with Gasteiger partial charge in [-0.3, -0.25) is 0 Å². The van der Waals surface area contributed by atoms with Gasteiger partial charge in [-0.05, 0) is 47.0 Å². The van der Waals surface area contributed by atoms with Gasteiger partial charge in [0.15, 0.2) is 17.5 Å². The summed E-state index contributed by atoms with van der Waals surface area (Å²) in [7, 11) is 0. The first-order chi connectivity index (χ1) is 27.8. The Bertz CT molecular complexity index is 3180. The second-order valence-corrected chi connectivity index (χ2v) is 13.9. The molecule has 5 nitrogen and oxygen atoms in total. The maximum Gasteiger partial charge on any atom is 0.166 e. The third-order valence-electron chi connectivity index (χ3n) is 10.7. The van der Waals surface area contributed by atoms with Gasteiger partial charge in [-0.25, -0.2) is 15.0 Å². The smallest absolute Gasteiger partial charge is 0.166 e. The summed E-state index contributed by atoms with van der Waals surface area (Å²) >= 11 is 0. The van der Waals surface area contributed by atoms with E-state index in [0.29, 0.717) is 17.5 Å². The summed E-state index contributed by atoms with van der Waals surface area (Å²) in [6, 6.07) is 67.4. The van der Waals surface area contributed by atoms with Crippen LogP contribution in [-0.4, -0.2) is 19.5 Å². The van der Waals surface area contributed by atoms with Gasteiger partial charge < -0.3 is 8.98 Å². The highest BCUT2D eigenvalue weighted by Gasteiger charge is 2.24. The van der Waals surface area contributed by atoms with E-state index in [1.165, 1.54) is 5.39 Å². The first-order valence-corrected chi connectivity index (χ1v) is 18.8. The lowest BCUT2D eigenvalue weighted by Crippen LogP contribution is -2.05. The van der Waals surface area contributed by atoms with Crippen LogP contribution in [0.1, 0.15) is 0 Å². The van der Waals surface area contributed by atoms with Crippen molar-refractivity contribution >= 4 is 43.7 Å². The van der Waals surface area contributed by atoms with E-state index in [4.69, 9.17) is 19.4 Å². The molecule has 0 unspecified atom stereocenters. The molecular weight excluding hydrogens is 685 g/mol. The molecular formula is C51H32N4O. The second kappa shape index (κ2) is 13.0. The fourth-order valence-corrected chi connectivity index (χ4v) is 8.23. The maximum atomic E-state index is 6.38. The molecule has 56 heavy (non-hydrogen) atoms. The van der Waals surface area contributed by atoms with E-state index in [1.54, 1.807) is 0 Å². The average Bonchev–Trinajstić information content (AvgIpc) is 3.83. The number of nitrogens with zero attached hydrogens (tertiary/aromatic N) is 4. The van der Waals surface area contributed by atoms with Crippen LogP contribution >= 0.6 is 0 Å². The van der Waals surface area contributed by atoms with Crippen LogP contribution in [0, 0.1) is 0 Å². The molecule has 11 rings (SSSR count). The van der Waals surface area contributed by atoms with Crippen LogP contribution in [-0.2, 0) is 0 Å². The van der Waals surface area contributed by atoms with Crippen LogP contribution in [0.25, 0.3) is 106 Å². The summed E-state index contributed by atoms with van der Waals surface area (Å²) < 4.78 is 8.79. The molecule has 3 aromatic heterocycles. The number of para-hydroxylation sites is 3. The molecule has 0 saturated heterocycles. The molecule has 0 aliphatic carbocycles. The van der Waals surface area contributed by atoms with E-state index in [1.807, 2.05) is 72.8 Å². The van der Waals surface area contributed by atoms with Crippen molar-refractivity contribution < 1.29 is 4.42 Å². The molecule has 0 N–H and O–H groups in total. The Kier molecular flexibility index (Phi) is 7.42. The van der Waals surface area contributed by atoms with E-state index >= 15 is 0 Å². The number of furan rings is 1. The Morgan fingerprint density at radius 3 is 1.52 bits per heavy atom. The van der Waals surface area contributed by atoms with Gasteiger partial charge in [-0.15, -0.1) is 0 Å². The molecule has 5 heteroatoms. The maximum absolute atomic E-state index is 6.38. The number of aromatic nitrogens is 4. The summed E-state index contributed by atoms with van der Waals surface area (Å²) in [6.45, 7) is 0. The molecule has 0 aliphatic heterocycles. The van der Waals surface area contributed by atoms with E-state index in [0.717, 1.165) is 83.0 Å². The van der Waals surface area contributed by atoms with Crippen LogP contribution in [0.4, 0.5) is 0 Å². The van der Waals surface area contributed by atoms with Gasteiger partial charge in [0.25, 0.3) is 0 Å². The van der Waals surface area contributed by atoms with Crippen molar-refractivity contribution in [2.24, 2.45) is 0 Å². The topological polar surface area (TPSA) is 56.7 Å². The Labute approximate surface area is 322 Å². The van der Waals surface area contributed by atoms with E-state index < -0.39 is 0 Å². The predicted molar refractivity (Wildman–Crippen MR) is 229 cm³/mol. The fraction of sp³-hybridized carbons (Fsp3) is 0. The third-order valence-corrected chi connectivity index (χ3v) is 10.7. The number of fused-ring (bicyclic) bond motifs is 6. The van der Waals surface area contributed by atoms with Crippen LogP contribution in [0.3, 0.4) is 0 Å². The van der Waals surface area contributed by atoms with Crippen molar-refractivity contribution in [3.63, 3.8) is 0 Å². The highest BCUT2D eigenvalue weighted by atomic mass is 16.3. The normalized spacial score (nSPS) is 11.6. The van der Waals surface area contributed by atoms with E-state index in [-0.39, 0.29) is 0 Å². The zero-order valence-corrected chi connectivity index (χ0v) is 30.2. The van der Waals surface area contributed by atoms with Gasteiger partial charge >= 0.3 is 0 Å². The number of hydrogen-bond donors (Lipinski definition) is 0. The molecule has 0 saturated carbocycles. The molecule has 8 aromatic carbocycles. The number of hydrogen-bond acceptors (Lipinski definition) is 4. The van der Waals surface area contributed by atoms with Crippen molar-refractivity contribution in [1.82, 2.24) is 19.5 Å². The fourth-order valence-electron chi connectivity index (χ4n) is 8.23. The standard InChI is InChI=1S/C51H32N4O/c1-4-17-33(18-5-1)36-25-14-28-41(51-53-49(34-19-6-2-7-20-34)52-50(54-51)35-21-8-3-9-22-35)48(36)55-42-29-12-10-23-39(42)46-37(26-15-30-43(46)55)38-27-16-32-45-47(38)40-24-11-13-31-44(40)56-45/h1-32H. The Morgan fingerprint density at radius 1 is 0.321 bits per heavy atom. The van der Waals surface area contributed by atoms with Gasteiger partial charge in [-0.2, -0.15) is 0 Å². The minimum Gasteiger partial charge on any atom is -0.456 e. The molecule has 3 heterocycles. The van der Waals surface area contributed by atoms with Gasteiger partial charge in [-0.1, -0.05) is 164 Å². The summed E-state index contributed by atoms with van der Waals surface area (Å²) in [5.74, 6) is 1.84. The molecule has 0 amide bonds. The van der Waals surface area contributed by atoms with Crippen molar-refractivity contribution in [3.05, 3.63) is 194 Å². The van der Waals surface area contributed by atoms with Crippen molar-refractivity contribution in [2.75, 3.05) is 0 Å². The number of rotatable bonds is 6. The molecule has 262 valence electrons. The molecule has 0 aliphatic rings. The summed E-state index contributed by atoms with van der Waals surface area (Å²) in [4.78, 5) is 15.5. The summed E-state index contributed by atoms with van der Waals surface area (Å²) in [5, 5.41) is 4.54. The average molecular weight is 717 g/mol. The second-order valence-electron chi connectivity index (χ2n) is 13.9. The lowest BCUT2D eigenvalue weighted by atomic mass is 9.95. The lowest BCUT2D eigenvalue weighted by Gasteiger charge is -2.19. The van der Waals surface area contributed by atoms with Crippen molar-refractivity contribution in [3.8, 4) is 62.1 Å². The van der Waals surface area contributed by atoms with Gasteiger partial charge in [0.2, 0.25) is 0 Å². The van der Waals surface area contributed by atoms with Gasteiger partial charge in [0.1, 0.15) is 11.2 Å². The van der Waals surface area contributed by atoms with Gasteiger partial charge in [0.05, 0.1) is 16.7 Å². The Hall–Kier alpha value is -7.63. The summed E-state index contributed by atoms with van der Waals surface area (Å²) in [5.41, 5.74) is 12.1. The van der Waals surface area contributed by atoms with Crippen LogP contribution in [0.2, 0.25) is 0 Å². The zero-order chi connectivity index (χ0) is 37.0. The molecule has 11 aromatic rings. The van der Waals surface area contributed by atoms with E-state index in [2.05, 4.69) is 126 Å². The lowest BCUT2D eigenvalue weighted by molar-refractivity contribution is 0.669. The predicted octanol–water partition coefficient (Wildman–Crippen LogP) is 13.2. The van der Waals surface area contributed by atoms with Crippen LogP contribution < -0.4 is 0 Å². The molecule has 0 bridgehead atoms. The first-order valence-electron chi connectivity index (χ1n) is 18.8. The van der Waals surface area contributed by atoms with Crippen LogP contribution in [0.15, 0.2) is 199 Å². The highest BCUT2D eigenvalue weighted by Crippen LogP contribution is 2.45. The quantitative estimate of drug-likeness (QED) is 0.172. The minimum absolute atomic E-state index is 0.599. The Morgan fingerprint density at radius 2 is 0.804 bits per heavy atom. The zero-order valence-electron chi connectivity index (χ0n) is 30.2. The van der Waals surface area contributed by atoms with Crippen LogP contribution in [0.5, 0.6) is 0 Å². The first kappa shape index (κ1) is 31.9. The van der Waals surface area contributed by atoms with E-state index in [9.17, 15) is 0 Å². The third kappa shape index (κ3) is 5.13. The minimum atomic E-state index is 0.599. The summed E-state index contributed by atoms with van der Waals surface area (Å²) in [6.07, 6.45) is 0. The van der Waals surface area contributed by atoms with Crippen molar-refractivity contribution in [1.29, 1.82) is 0 Å².